The van der Waals surface area contributed by atoms with E-state index in [0.717, 1.165) is 78.0 Å². The monoisotopic (exact) mass is 787 g/mol. The number of rotatable bonds is 2. The van der Waals surface area contributed by atoms with Crippen LogP contribution in [0.5, 0.6) is 0 Å². The topological polar surface area (TPSA) is 51.0 Å². The van der Waals surface area contributed by atoms with Crippen LogP contribution in [0.25, 0.3) is 66.7 Å². The van der Waals surface area contributed by atoms with Gasteiger partial charge in [0.05, 0.1) is 0 Å². The van der Waals surface area contributed by atoms with E-state index in [4.69, 9.17) is 8.53 Å². The molecular weight excluding hydrogens is 755 g/mol. The molecule has 0 saturated heterocycles. The van der Waals surface area contributed by atoms with Gasteiger partial charge in [-0.05, 0) is 77.4 Å². The average Bonchev–Trinajstić information content (AvgIpc) is 3.51. The molecule has 229 valence electrons. The minimum Gasteiger partial charge on any atom is -0.455 e. The van der Waals surface area contributed by atoms with E-state index in [2.05, 4.69) is 76.8 Å². The average molecular weight is 787 g/mol. The predicted octanol–water partition coefficient (Wildman–Crippen LogP) is 11.0. The number of nitrogens with one attached hydrogen (secondary N) is 1. The first kappa shape index (κ1) is 26.8. The number of para-hydroxylation sites is 1. The van der Waals surface area contributed by atoms with Gasteiger partial charge >= 0.3 is 0 Å². The Morgan fingerprint density at radius 2 is 1.55 bits per heavy atom. The van der Waals surface area contributed by atoms with Gasteiger partial charge in [-0.25, -0.2) is 0 Å². The largest absolute Gasteiger partial charge is 0.455 e. The summed E-state index contributed by atoms with van der Waals surface area (Å²) in [5, 5.41) is 5.84. The molecule has 1 aliphatic heterocycles. The van der Waals surface area contributed by atoms with Crippen molar-refractivity contribution < 1.29 is 28.6 Å². The van der Waals surface area contributed by atoms with Crippen molar-refractivity contribution in [2.45, 2.75) is 13.8 Å². The molecule has 1 N–H and O–H groups in total. The van der Waals surface area contributed by atoms with Crippen LogP contribution in [0.3, 0.4) is 0 Å². The Morgan fingerprint density at radius 1 is 0.702 bits per heavy atom. The maximum absolute atomic E-state index is 7.61. The van der Waals surface area contributed by atoms with E-state index >= 15 is 0 Å². The van der Waals surface area contributed by atoms with Gasteiger partial charge in [0.1, 0.15) is 11.2 Å². The summed E-state index contributed by atoms with van der Waals surface area (Å²) in [4.78, 5) is 8.64. The molecule has 4 heterocycles. The SMILES string of the molecule is [2H]C([2H])([2H])c1ccc(-c2[c-]cc3c(c2)-c2cccc(c2C)-c2c(ccc4c2oc2ccccc24)N3)nc1.[Ir].[c-]1ccccc1-c1ccccn1. The van der Waals surface area contributed by atoms with Gasteiger partial charge in [-0.1, -0.05) is 66.2 Å². The molecule has 0 unspecified atom stereocenters. The molecule has 0 saturated carbocycles. The molecule has 2 bridgehead atoms. The Bertz CT molecular complexity index is 2420. The normalized spacial score (nSPS) is 12.4. The van der Waals surface area contributed by atoms with Crippen molar-refractivity contribution in [1.82, 2.24) is 9.97 Å². The van der Waals surface area contributed by atoms with Gasteiger partial charge in [-0.3, -0.25) is 0 Å². The van der Waals surface area contributed by atoms with Crippen molar-refractivity contribution in [3.63, 3.8) is 0 Å². The standard InChI is InChI=1S/C31H21N2O.C11H8N.Ir/c1-18-10-13-26(32-17-18)20-11-14-27-25(16-20)21-7-5-8-22(19(21)2)30-28(33-27)15-12-24-23-6-3-4-9-29(23)34-31(24)30;1-2-6-10(7-3-1)11-8-4-5-9-12-11;/h3-10,12-17,33H,1-2H3;1-6,8-9H;/q2*-1;/i1D3;;. The number of pyridine rings is 2. The van der Waals surface area contributed by atoms with Crippen molar-refractivity contribution in [2.24, 2.45) is 0 Å². The van der Waals surface area contributed by atoms with Crippen molar-refractivity contribution in [3.05, 3.63) is 157 Å². The smallest absolute Gasteiger partial charge is 0.145 e. The summed E-state index contributed by atoms with van der Waals surface area (Å²) >= 11 is 0. The summed E-state index contributed by atoms with van der Waals surface area (Å²) in [6, 6.07) is 46.2. The quantitative estimate of drug-likeness (QED) is 0.177. The first-order chi connectivity index (χ1) is 23.8. The Kier molecular flexibility index (Phi) is 7.31. The van der Waals surface area contributed by atoms with E-state index in [1.165, 1.54) is 6.20 Å². The van der Waals surface area contributed by atoms with E-state index in [9.17, 15) is 0 Å². The number of fused-ring (bicyclic) bond motifs is 10. The first-order valence-corrected chi connectivity index (χ1v) is 15.1. The Hall–Kier alpha value is -5.35. The zero-order chi connectivity index (χ0) is 33.5. The molecule has 47 heavy (non-hydrogen) atoms. The molecule has 1 radical (unpaired) electrons. The van der Waals surface area contributed by atoms with Gasteiger partial charge in [-0.2, -0.15) is 0 Å². The molecule has 0 atom stereocenters. The summed E-state index contributed by atoms with van der Waals surface area (Å²) in [6.07, 6.45) is 3.21. The summed E-state index contributed by atoms with van der Waals surface area (Å²) in [6.45, 7) is -0.0355. The number of hydrogen-bond donors (Lipinski definition) is 1. The van der Waals surface area contributed by atoms with Crippen LogP contribution in [0.4, 0.5) is 11.4 Å². The van der Waals surface area contributed by atoms with E-state index < -0.39 is 6.85 Å². The number of aromatic nitrogens is 2. The van der Waals surface area contributed by atoms with Gasteiger partial charge in [0.15, 0.2) is 0 Å². The summed E-state index contributed by atoms with van der Waals surface area (Å²) in [5.74, 6) is 0. The molecule has 0 amide bonds. The van der Waals surface area contributed by atoms with Crippen LogP contribution in [0, 0.1) is 25.9 Å². The van der Waals surface area contributed by atoms with Crippen molar-refractivity contribution in [1.29, 1.82) is 0 Å². The van der Waals surface area contributed by atoms with Crippen molar-refractivity contribution in [3.8, 4) is 44.8 Å². The van der Waals surface area contributed by atoms with Crippen LogP contribution in [0.15, 0.2) is 138 Å². The van der Waals surface area contributed by atoms with E-state index in [1.807, 2.05) is 66.7 Å². The number of hydrogen-bond acceptors (Lipinski definition) is 4. The molecular formula is C42H29IrN3O-2. The molecule has 9 rings (SSSR count). The molecule has 5 heteroatoms. The van der Waals surface area contributed by atoms with Gasteiger partial charge in [0.2, 0.25) is 0 Å². The molecule has 5 aromatic carbocycles. The third-order valence-electron chi connectivity index (χ3n) is 8.35. The third-order valence-corrected chi connectivity index (χ3v) is 8.35. The van der Waals surface area contributed by atoms with Crippen LogP contribution in [0.2, 0.25) is 0 Å². The molecule has 8 aromatic rings. The minimum absolute atomic E-state index is 0. The minimum atomic E-state index is -2.18. The van der Waals surface area contributed by atoms with Gasteiger partial charge in [0.25, 0.3) is 0 Å². The number of furan rings is 1. The number of nitrogens with zero attached hydrogens (tertiary/aromatic N) is 2. The van der Waals surface area contributed by atoms with E-state index in [0.29, 0.717) is 5.69 Å². The summed E-state index contributed by atoms with van der Waals surface area (Å²) in [7, 11) is 0. The number of anilines is 2. The zero-order valence-electron chi connectivity index (χ0n) is 28.3. The van der Waals surface area contributed by atoms with Crippen LogP contribution in [-0.4, -0.2) is 9.97 Å². The fourth-order valence-corrected chi connectivity index (χ4v) is 6.10. The van der Waals surface area contributed by atoms with Crippen LogP contribution >= 0.6 is 0 Å². The molecule has 0 spiro atoms. The van der Waals surface area contributed by atoms with Gasteiger partial charge in [-0.15, -0.1) is 59.7 Å². The second-order valence-corrected chi connectivity index (χ2v) is 11.2. The second kappa shape index (κ2) is 12.8. The number of benzene rings is 5. The van der Waals surface area contributed by atoms with Gasteiger partial charge in [0, 0.05) is 58.6 Å². The van der Waals surface area contributed by atoms with Crippen molar-refractivity contribution >= 4 is 33.3 Å². The Morgan fingerprint density at radius 3 is 2.36 bits per heavy atom. The fraction of sp³-hybridized carbons (Fsp3) is 0.0476. The molecule has 0 fully saturated rings. The molecule has 3 aromatic heterocycles. The van der Waals surface area contributed by atoms with E-state index in [1.54, 1.807) is 18.3 Å². The third kappa shape index (κ3) is 5.65. The Labute approximate surface area is 291 Å². The van der Waals surface area contributed by atoms with Crippen LogP contribution in [-0.2, 0) is 20.1 Å². The predicted molar refractivity (Wildman–Crippen MR) is 188 cm³/mol. The van der Waals surface area contributed by atoms with Gasteiger partial charge < -0.3 is 19.7 Å². The fourth-order valence-electron chi connectivity index (χ4n) is 6.10. The Balaban J connectivity index is 0.000000255. The van der Waals surface area contributed by atoms with E-state index in [-0.39, 0.29) is 25.7 Å². The van der Waals surface area contributed by atoms with Crippen molar-refractivity contribution in [2.75, 3.05) is 5.32 Å². The molecule has 4 nitrogen and oxygen atoms in total. The second-order valence-electron chi connectivity index (χ2n) is 11.2. The summed E-state index contributed by atoms with van der Waals surface area (Å²) in [5.41, 5.74) is 12.8. The first-order valence-electron chi connectivity index (χ1n) is 16.6. The molecule has 1 aliphatic rings. The maximum Gasteiger partial charge on any atom is 0.145 e. The number of aryl methyl sites for hydroxylation is 1. The zero-order valence-corrected chi connectivity index (χ0v) is 27.7. The summed E-state index contributed by atoms with van der Waals surface area (Å²) < 4.78 is 29.2. The van der Waals surface area contributed by atoms with Crippen LogP contribution in [0.1, 0.15) is 15.2 Å². The van der Waals surface area contributed by atoms with Crippen LogP contribution < -0.4 is 5.32 Å². The molecule has 0 aliphatic carbocycles. The maximum atomic E-state index is 7.61.